The zero-order chi connectivity index (χ0) is 22.6. The summed E-state index contributed by atoms with van der Waals surface area (Å²) < 4.78 is 24.0. The first-order valence-corrected chi connectivity index (χ1v) is 23.5. The van der Waals surface area contributed by atoms with Gasteiger partial charge >= 0.3 is 0 Å². The van der Waals surface area contributed by atoms with E-state index in [1.165, 1.54) is 0 Å². The first-order valence-electron chi connectivity index (χ1n) is 9.89. The normalized spacial score (nSPS) is 16.0. The lowest BCUT2D eigenvalue weighted by Crippen LogP contribution is -2.54. The van der Waals surface area contributed by atoms with Crippen molar-refractivity contribution in [3.05, 3.63) is 0 Å². The van der Waals surface area contributed by atoms with Crippen LogP contribution in [0.1, 0.15) is 0 Å². The molecule has 0 N–H and O–H groups in total. The number of hydrogen-bond donors (Lipinski definition) is 0. The quantitative estimate of drug-likeness (QED) is 0.378. The highest BCUT2D eigenvalue weighted by atomic mass is 28.4. The number of carbonyl (C=O) groups is 2. The van der Waals surface area contributed by atoms with Crippen LogP contribution in [-0.2, 0) is 27.3 Å². The molecule has 6 nitrogen and oxygen atoms in total. The second-order valence-corrected chi connectivity index (χ2v) is 29.0. The van der Waals surface area contributed by atoms with Crippen LogP contribution < -0.4 is 0 Å². The molecule has 0 rings (SSSR count). The maximum absolute atomic E-state index is 13.0. The third kappa shape index (κ3) is 14.1. The molecular formula is C18H42O6Si4. The van der Waals surface area contributed by atoms with E-state index in [4.69, 9.17) is 17.7 Å². The monoisotopic (exact) mass is 466 g/mol. The fourth-order valence-corrected chi connectivity index (χ4v) is 5.28. The molecule has 0 aliphatic rings. The number of hydrogen-bond acceptors (Lipinski definition) is 6. The summed E-state index contributed by atoms with van der Waals surface area (Å²) in [4.78, 5) is 26.1. The summed E-state index contributed by atoms with van der Waals surface area (Å²) in [6, 6.07) is 0. The van der Waals surface area contributed by atoms with Gasteiger partial charge in [0.15, 0.2) is 44.8 Å². The Labute approximate surface area is 176 Å². The predicted molar refractivity (Wildman–Crippen MR) is 125 cm³/mol. The van der Waals surface area contributed by atoms with Crippen LogP contribution in [0.5, 0.6) is 0 Å². The van der Waals surface area contributed by atoms with Gasteiger partial charge in [0.05, 0.1) is 13.2 Å². The highest BCUT2D eigenvalue weighted by Gasteiger charge is 2.41. The molecule has 0 spiro atoms. The molecule has 0 aromatic rings. The standard InChI is InChI=1S/C18H42O6Si4/c1-25(2,3)21-13-15(19)17(23-27(7,8)9)18(24-28(10,11)12)16(20)14-22-26(4,5)6/h17-18H,13-14H2,1-12H3/t17-,18-/m1/s1. The molecule has 0 unspecified atom stereocenters. The van der Waals surface area contributed by atoms with Crippen LogP contribution in [-0.4, -0.2) is 70.3 Å². The number of Topliss-reactive ketones (excluding diaryl/α,β-unsaturated/α-hetero) is 2. The average molecular weight is 467 g/mol. The highest BCUT2D eigenvalue weighted by molar-refractivity contribution is 6.71. The lowest BCUT2D eigenvalue weighted by molar-refractivity contribution is -0.143. The molecule has 0 amide bonds. The molecule has 10 heteroatoms. The van der Waals surface area contributed by atoms with Crippen LogP contribution in [0.2, 0.25) is 78.6 Å². The van der Waals surface area contributed by atoms with Gasteiger partial charge in [0, 0.05) is 0 Å². The first kappa shape index (κ1) is 28.0. The van der Waals surface area contributed by atoms with E-state index in [-0.39, 0.29) is 24.8 Å². The van der Waals surface area contributed by atoms with E-state index < -0.39 is 45.5 Å². The molecule has 166 valence electrons. The third-order valence-corrected chi connectivity index (χ3v) is 7.11. The maximum Gasteiger partial charge on any atom is 0.187 e. The summed E-state index contributed by atoms with van der Waals surface area (Å²) in [5.74, 6) is -0.455. The Bertz CT molecular complexity index is 478. The summed E-state index contributed by atoms with van der Waals surface area (Å²) in [6.07, 6.45) is -1.90. The van der Waals surface area contributed by atoms with E-state index in [2.05, 4.69) is 0 Å². The van der Waals surface area contributed by atoms with Crippen LogP contribution in [0.4, 0.5) is 0 Å². The zero-order valence-corrected chi connectivity index (χ0v) is 24.0. The predicted octanol–water partition coefficient (Wildman–Crippen LogP) is 4.27. The number of rotatable bonds is 13. The third-order valence-electron chi connectivity index (χ3n) is 3.17. The van der Waals surface area contributed by atoms with E-state index in [0.717, 1.165) is 0 Å². The molecule has 0 saturated carbocycles. The Hall–Kier alpha value is 0.0475. The fourth-order valence-electron chi connectivity index (χ4n) is 2.09. The van der Waals surface area contributed by atoms with Gasteiger partial charge in [-0.1, -0.05) is 0 Å². The largest absolute Gasteiger partial charge is 0.410 e. The minimum Gasteiger partial charge on any atom is -0.410 e. The minimum absolute atomic E-state index is 0.0570. The molecule has 0 bridgehead atoms. The summed E-state index contributed by atoms with van der Waals surface area (Å²) >= 11 is 0. The Balaban J connectivity index is 5.73. The van der Waals surface area contributed by atoms with Crippen LogP contribution >= 0.6 is 0 Å². The molecule has 0 radical (unpaired) electrons. The Morgan fingerprint density at radius 3 is 0.964 bits per heavy atom. The summed E-state index contributed by atoms with van der Waals surface area (Å²) in [5, 5.41) is 0. The van der Waals surface area contributed by atoms with Crippen molar-refractivity contribution in [1.29, 1.82) is 0 Å². The molecule has 0 fully saturated rings. The zero-order valence-electron chi connectivity index (χ0n) is 20.0. The lowest BCUT2D eigenvalue weighted by atomic mass is 10.1. The van der Waals surface area contributed by atoms with Gasteiger partial charge < -0.3 is 17.7 Å². The minimum atomic E-state index is -2.12. The highest BCUT2D eigenvalue weighted by Crippen LogP contribution is 2.20. The van der Waals surface area contributed by atoms with Crippen LogP contribution in [0.25, 0.3) is 0 Å². The van der Waals surface area contributed by atoms with Crippen molar-refractivity contribution in [3.8, 4) is 0 Å². The van der Waals surface area contributed by atoms with Gasteiger partial charge in [0.2, 0.25) is 0 Å². The SMILES string of the molecule is C[Si](C)(C)OCC(=O)[C@@H](O[Si](C)(C)C)[C@H](O[Si](C)(C)C)C(=O)CO[Si](C)(C)C. The molecule has 0 aromatic carbocycles. The van der Waals surface area contributed by atoms with Gasteiger partial charge in [0.1, 0.15) is 12.2 Å². The van der Waals surface area contributed by atoms with E-state index >= 15 is 0 Å². The van der Waals surface area contributed by atoms with Crippen molar-refractivity contribution in [2.75, 3.05) is 13.2 Å². The fraction of sp³-hybridized carbons (Fsp3) is 0.889. The Kier molecular flexibility index (Phi) is 10.4. The first-order chi connectivity index (χ1) is 12.2. The van der Waals surface area contributed by atoms with Crippen molar-refractivity contribution in [2.45, 2.75) is 90.8 Å². The second-order valence-electron chi connectivity index (χ2n) is 11.0. The molecule has 0 aromatic heterocycles. The van der Waals surface area contributed by atoms with Crippen molar-refractivity contribution < 1.29 is 27.3 Å². The molecule has 0 heterocycles. The van der Waals surface area contributed by atoms with E-state index in [9.17, 15) is 9.59 Å². The summed E-state index contributed by atoms with van der Waals surface area (Å²) in [7, 11) is -7.98. The topological polar surface area (TPSA) is 71.1 Å². The van der Waals surface area contributed by atoms with Gasteiger partial charge in [-0.3, -0.25) is 9.59 Å². The van der Waals surface area contributed by atoms with Crippen molar-refractivity contribution in [3.63, 3.8) is 0 Å². The molecule has 0 aliphatic carbocycles. The van der Waals surface area contributed by atoms with Crippen molar-refractivity contribution >= 4 is 44.8 Å². The molecule has 28 heavy (non-hydrogen) atoms. The lowest BCUT2D eigenvalue weighted by Gasteiger charge is -2.35. The van der Waals surface area contributed by atoms with Gasteiger partial charge in [-0.2, -0.15) is 0 Å². The van der Waals surface area contributed by atoms with E-state index in [0.29, 0.717) is 0 Å². The Morgan fingerprint density at radius 2 is 0.786 bits per heavy atom. The summed E-state index contributed by atoms with van der Waals surface area (Å²) in [5.41, 5.74) is 0. The molecule has 0 aliphatic heterocycles. The van der Waals surface area contributed by atoms with Gasteiger partial charge in [0.25, 0.3) is 0 Å². The molecule has 0 saturated heterocycles. The van der Waals surface area contributed by atoms with Gasteiger partial charge in [-0.25, -0.2) is 0 Å². The molecular weight excluding hydrogens is 425 g/mol. The van der Waals surface area contributed by atoms with Crippen LogP contribution in [0.3, 0.4) is 0 Å². The van der Waals surface area contributed by atoms with Crippen molar-refractivity contribution in [2.24, 2.45) is 0 Å². The number of carbonyl (C=O) groups excluding carboxylic acids is 2. The van der Waals surface area contributed by atoms with Crippen LogP contribution in [0, 0.1) is 0 Å². The maximum atomic E-state index is 13.0. The van der Waals surface area contributed by atoms with Gasteiger partial charge in [-0.15, -0.1) is 0 Å². The Morgan fingerprint density at radius 1 is 0.536 bits per heavy atom. The average Bonchev–Trinajstić information content (AvgIpc) is 2.42. The van der Waals surface area contributed by atoms with E-state index in [1.54, 1.807) is 0 Å². The number of ketones is 2. The molecule has 2 atom stereocenters. The van der Waals surface area contributed by atoms with Gasteiger partial charge in [-0.05, 0) is 78.6 Å². The smallest absolute Gasteiger partial charge is 0.187 e. The van der Waals surface area contributed by atoms with Crippen molar-refractivity contribution in [1.82, 2.24) is 0 Å². The second kappa shape index (κ2) is 10.4. The van der Waals surface area contributed by atoms with Crippen LogP contribution in [0.15, 0.2) is 0 Å². The van der Waals surface area contributed by atoms with E-state index in [1.807, 2.05) is 78.6 Å². The summed E-state index contributed by atoms with van der Waals surface area (Å²) in [6.45, 7) is 24.0.